The first-order valence-electron chi connectivity index (χ1n) is 6.91. The van der Waals surface area contributed by atoms with Crippen LogP contribution in [0.4, 0.5) is 0 Å². The van der Waals surface area contributed by atoms with Crippen LogP contribution in [0.5, 0.6) is 0 Å². The Morgan fingerprint density at radius 2 is 2.30 bits per heavy atom. The molecule has 0 radical (unpaired) electrons. The number of nitrogens with zero attached hydrogens (tertiary/aromatic N) is 3. The number of amides is 1. The molecule has 2 aromatic heterocycles. The van der Waals surface area contributed by atoms with Crippen LogP contribution in [0.25, 0.3) is 0 Å². The fraction of sp³-hybridized carbons (Fsp3) is 0.400. The summed E-state index contributed by atoms with van der Waals surface area (Å²) in [7, 11) is 0. The maximum absolute atomic E-state index is 12.0. The minimum atomic E-state index is -0.0764. The van der Waals surface area contributed by atoms with Crippen LogP contribution >= 0.6 is 0 Å². The number of rotatable bonds is 4. The van der Waals surface area contributed by atoms with Crippen LogP contribution < -0.4 is 5.32 Å². The molecule has 0 unspecified atom stereocenters. The summed E-state index contributed by atoms with van der Waals surface area (Å²) in [5.74, 6) is 0.527. The second-order valence-electron chi connectivity index (χ2n) is 5.46. The number of aromatic nitrogens is 3. The topological polar surface area (TPSA) is 59.8 Å². The number of nitrogens with one attached hydrogen (secondary N) is 1. The molecule has 5 heteroatoms. The quantitative estimate of drug-likeness (QED) is 0.921. The highest BCUT2D eigenvalue weighted by molar-refractivity contribution is 5.92. The van der Waals surface area contributed by atoms with Crippen molar-refractivity contribution in [1.82, 2.24) is 20.1 Å². The Bertz CT molecular complexity index is 570. The third-order valence-electron chi connectivity index (χ3n) is 3.72. The number of pyridine rings is 1. The molecule has 0 aromatic carbocycles. The molecule has 104 valence electrons. The molecule has 5 nitrogen and oxygen atoms in total. The number of hydrogen-bond acceptors (Lipinski definition) is 3. The summed E-state index contributed by atoms with van der Waals surface area (Å²) < 4.78 is 1.95. The minimum absolute atomic E-state index is 0.0764. The SMILES string of the molecule is Cc1ccc(C(=O)NC2CC(Cn3cccn3)C2)nc1. The molecule has 0 spiro atoms. The van der Waals surface area contributed by atoms with Crippen molar-refractivity contribution in [3.8, 4) is 0 Å². The summed E-state index contributed by atoms with van der Waals surface area (Å²) in [6.45, 7) is 2.89. The number of carbonyl (C=O) groups excluding carboxylic acids is 1. The van der Waals surface area contributed by atoms with Crippen molar-refractivity contribution < 1.29 is 4.79 Å². The standard InChI is InChI=1S/C15H18N4O/c1-11-3-4-14(16-9-11)15(20)18-13-7-12(8-13)10-19-6-2-5-17-19/h2-6,9,12-13H,7-8,10H2,1H3,(H,18,20). The van der Waals surface area contributed by atoms with Crippen LogP contribution in [0.15, 0.2) is 36.8 Å². The lowest BCUT2D eigenvalue weighted by Crippen LogP contribution is -2.45. The Morgan fingerprint density at radius 1 is 1.45 bits per heavy atom. The van der Waals surface area contributed by atoms with Gasteiger partial charge in [-0.3, -0.25) is 14.5 Å². The van der Waals surface area contributed by atoms with Gasteiger partial charge in [0.1, 0.15) is 5.69 Å². The van der Waals surface area contributed by atoms with Crippen molar-refractivity contribution in [1.29, 1.82) is 0 Å². The molecule has 1 N–H and O–H groups in total. The van der Waals surface area contributed by atoms with Gasteiger partial charge in [0.25, 0.3) is 5.91 Å². The van der Waals surface area contributed by atoms with E-state index in [-0.39, 0.29) is 11.9 Å². The lowest BCUT2D eigenvalue weighted by molar-refractivity contribution is 0.0874. The Labute approximate surface area is 118 Å². The molecule has 0 atom stereocenters. The largest absolute Gasteiger partial charge is 0.348 e. The van der Waals surface area contributed by atoms with E-state index in [0.717, 1.165) is 24.9 Å². The van der Waals surface area contributed by atoms with Crippen molar-refractivity contribution in [2.75, 3.05) is 0 Å². The summed E-state index contributed by atoms with van der Waals surface area (Å²) in [6.07, 6.45) is 7.51. The Kier molecular flexibility index (Phi) is 3.50. The summed E-state index contributed by atoms with van der Waals surface area (Å²) >= 11 is 0. The van der Waals surface area contributed by atoms with E-state index in [0.29, 0.717) is 11.6 Å². The van der Waals surface area contributed by atoms with Gasteiger partial charge in [-0.2, -0.15) is 5.10 Å². The second kappa shape index (κ2) is 5.45. The average molecular weight is 270 g/mol. The minimum Gasteiger partial charge on any atom is -0.348 e. The van der Waals surface area contributed by atoms with Gasteiger partial charge in [-0.1, -0.05) is 6.07 Å². The smallest absolute Gasteiger partial charge is 0.270 e. The lowest BCUT2D eigenvalue weighted by atomic mass is 9.80. The first-order chi connectivity index (χ1) is 9.70. The summed E-state index contributed by atoms with van der Waals surface area (Å²) in [6, 6.07) is 5.88. The van der Waals surface area contributed by atoms with Gasteiger partial charge in [-0.05, 0) is 43.4 Å². The van der Waals surface area contributed by atoms with E-state index in [2.05, 4.69) is 15.4 Å². The monoisotopic (exact) mass is 270 g/mol. The first-order valence-corrected chi connectivity index (χ1v) is 6.91. The van der Waals surface area contributed by atoms with Gasteiger partial charge >= 0.3 is 0 Å². The van der Waals surface area contributed by atoms with Crippen molar-refractivity contribution >= 4 is 5.91 Å². The van der Waals surface area contributed by atoms with Gasteiger partial charge in [0, 0.05) is 31.2 Å². The van der Waals surface area contributed by atoms with Gasteiger partial charge < -0.3 is 5.32 Å². The number of carbonyl (C=O) groups is 1. The Hall–Kier alpha value is -2.17. The van der Waals surface area contributed by atoms with Crippen LogP contribution in [0.2, 0.25) is 0 Å². The van der Waals surface area contributed by atoms with Gasteiger partial charge in [-0.25, -0.2) is 0 Å². The maximum Gasteiger partial charge on any atom is 0.270 e. The predicted octanol–water partition coefficient (Wildman–Crippen LogP) is 1.80. The highest BCUT2D eigenvalue weighted by Gasteiger charge is 2.30. The molecular formula is C15H18N4O. The molecule has 2 aromatic rings. The fourth-order valence-corrected chi connectivity index (χ4v) is 2.54. The highest BCUT2D eigenvalue weighted by atomic mass is 16.1. The fourth-order valence-electron chi connectivity index (χ4n) is 2.54. The van der Waals surface area contributed by atoms with Gasteiger partial charge in [0.05, 0.1) is 0 Å². The zero-order chi connectivity index (χ0) is 13.9. The van der Waals surface area contributed by atoms with Crippen molar-refractivity contribution in [2.45, 2.75) is 32.4 Å². The van der Waals surface area contributed by atoms with E-state index in [1.54, 1.807) is 18.5 Å². The number of aryl methyl sites for hydroxylation is 1. The van der Waals surface area contributed by atoms with E-state index >= 15 is 0 Å². The lowest BCUT2D eigenvalue weighted by Gasteiger charge is -2.35. The Balaban J connectivity index is 1.46. The molecule has 3 rings (SSSR count). The molecule has 0 bridgehead atoms. The normalized spacial score (nSPS) is 21.2. The molecule has 2 heterocycles. The molecule has 20 heavy (non-hydrogen) atoms. The first kappa shape index (κ1) is 12.8. The summed E-state index contributed by atoms with van der Waals surface area (Å²) in [5, 5.41) is 7.23. The third-order valence-corrected chi connectivity index (χ3v) is 3.72. The van der Waals surface area contributed by atoms with E-state index < -0.39 is 0 Å². The van der Waals surface area contributed by atoms with Crippen LogP contribution in [0.3, 0.4) is 0 Å². The van der Waals surface area contributed by atoms with Gasteiger partial charge in [0.2, 0.25) is 0 Å². The zero-order valence-electron chi connectivity index (χ0n) is 11.5. The van der Waals surface area contributed by atoms with Crippen LogP contribution in [-0.2, 0) is 6.54 Å². The Morgan fingerprint density at radius 3 is 2.95 bits per heavy atom. The maximum atomic E-state index is 12.0. The predicted molar refractivity (Wildman–Crippen MR) is 75.2 cm³/mol. The van der Waals surface area contributed by atoms with E-state index in [1.165, 1.54) is 0 Å². The third kappa shape index (κ3) is 2.87. The molecule has 1 fully saturated rings. The summed E-state index contributed by atoms with van der Waals surface area (Å²) in [4.78, 5) is 16.1. The van der Waals surface area contributed by atoms with Crippen molar-refractivity contribution in [2.24, 2.45) is 5.92 Å². The van der Waals surface area contributed by atoms with Gasteiger partial charge in [0.15, 0.2) is 0 Å². The molecular weight excluding hydrogens is 252 g/mol. The van der Waals surface area contributed by atoms with E-state index in [4.69, 9.17) is 0 Å². The highest BCUT2D eigenvalue weighted by Crippen LogP contribution is 2.28. The molecule has 1 aliphatic carbocycles. The molecule has 1 amide bonds. The second-order valence-corrected chi connectivity index (χ2v) is 5.46. The zero-order valence-corrected chi connectivity index (χ0v) is 11.5. The summed E-state index contributed by atoms with van der Waals surface area (Å²) in [5.41, 5.74) is 1.55. The van der Waals surface area contributed by atoms with E-state index in [1.807, 2.05) is 29.9 Å². The molecule has 1 saturated carbocycles. The molecule has 0 aliphatic heterocycles. The molecule has 0 saturated heterocycles. The van der Waals surface area contributed by atoms with Crippen molar-refractivity contribution in [3.05, 3.63) is 48.0 Å². The number of hydrogen-bond donors (Lipinski definition) is 1. The van der Waals surface area contributed by atoms with Crippen LogP contribution in [0, 0.1) is 12.8 Å². The van der Waals surface area contributed by atoms with E-state index in [9.17, 15) is 4.79 Å². The average Bonchev–Trinajstić information content (AvgIpc) is 2.90. The van der Waals surface area contributed by atoms with Crippen LogP contribution in [-0.4, -0.2) is 26.7 Å². The van der Waals surface area contributed by atoms with Crippen LogP contribution in [0.1, 0.15) is 28.9 Å². The van der Waals surface area contributed by atoms with Crippen molar-refractivity contribution in [3.63, 3.8) is 0 Å². The van der Waals surface area contributed by atoms with Gasteiger partial charge in [-0.15, -0.1) is 0 Å². The molecule has 1 aliphatic rings.